The zero-order chi connectivity index (χ0) is 13.5. The predicted octanol–water partition coefficient (Wildman–Crippen LogP) is 4.19. The third-order valence-electron chi connectivity index (χ3n) is 3.27. The molecule has 0 radical (unpaired) electrons. The Morgan fingerprint density at radius 1 is 0.947 bits per heavy atom. The van der Waals surface area contributed by atoms with Crippen LogP contribution in [0.15, 0.2) is 47.3 Å². The molecular weight excluding hydrogens is 236 g/mol. The first-order chi connectivity index (χ1) is 9.04. The van der Waals surface area contributed by atoms with E-state index in [4.69, 9.17) is 4.42 Å². The Balaban J connectivity index is 2.01. The summed E-state index contributed by atoms with van der Waals surface area (Å²) in [6.07, 6.45) is 3.25. The number of hydrogen-bond acceptors (Lipinski definition) is 3. The second-order valence-electron chi connectivity index (χ2n) is 5.73. The third kappa shape index (κ3) is 2.24. The molecule has 0 saturated carbocycles. The van der Waals surface area contributed by atoms with Gasteiger partial charge in [-0.1, -0.05) is 45.0 Å². The number of hydrogen-bond donors (Lipinski definition) is 0. The van der Waals surface area contributed by atoms with E-state index in [0.29, 0.717) is 5.65 Å². The lowest BCUT2D eigenvalue weighted by Gasteiger charge is -2.19. The summed E-state index contributed by atoms with van der Waals surface area (Å²) in [4.78, 5) is 8.31. The van der Waals surface area contributed by atoms with Gasteiger partial charge >= 0.3 is 0 Å². The summed E-state index contributed by atoms with van der Waals surface area (Å²) < 4.78 is 5.28. The highest BCUT2D eigenvalue weighted by atomic mass is 16.3. The van der Waals surface area contributed by atoms with Crippen molar-refractivity contribution in [3.05, 3.63) is 48.5 Å². The van der Waals surface area contributed by atoms with Crippen molar-refractivity contribution in [2.45, 2.75) is 26.2 Å². The molecule has 3 heteroatoms. The number of pyridine rings is 1. The lowest BCUT2D eigenvalue weighted by atomic mass is 9.86. The van der Waals surface area contributed by atoms with Crippen LogP contribution in [-0.4, -0.2) is 9.97 Å². The van der Waals surface area contributed by atoms with Gasteiger partial charge in [-0.05, 0) is 22.6 Å². The van der Waals surface area contributed by atoms with Crippen LogP contribution < -0.4 is 0 Å². The Labute approximate surface area is 112 Å². The Morgan fingerprint density at radius 3 is 2.37 bits per heavy atom. The Kier molecular flexibility index (Phi) is 2.63. The molecule has 2 heterocycles. The van der Waals surface area contributed by atoms with E-state index < -0.39 is 0 Å². The van der Waals surface area contributed by atoms with Crippen LogP contribution in [-0.2, 0) is 5.41 Å². The van der Waals surface area contributed by atoms with Crippen LogP contribution in [0.3, 0.4) is 0 Å². The molecule has 3 aromatic rings. The third-order valence-corrected chi connectivity index (χ3v) is 3.27. The molecule has 3 rings (SSSR count). The van der Waals surface area contributed by atoms with Crippen molar-refractivity contribution in [2.75, 3.05) is 0 Å². The Hall–Kier alpha value is -2.16. The van der Waals surface area contributed by atoms with Gasteiger partial charge in [-0.2, -0.15) is 4.98 Å². The standard InChI is InChI=1S/C16H16N2O/c1-16(2,3)13-6-4-11(5-7-13)12-8-14-15(17-9-12)18-10-19-14/h4-10H,1-3H3. The zero-order valence-electron chi connectivity index (χ0n) is 11.3. The van der Waals surface area contributed by atoms with Crippen LogP contribution in [0.5, 0.6) is 0 Å². The molecule has 0 bridgehead atoms. The number of aromatic nitrogens is 2. The smallest absolute Gasteiger partial charge is 0.198 e. The van der Waals surface area contributed by atoms with E-state index in [1.54, 1.807) is 0 Å². The molecule has 96 valence electrons. The molecule has 0 aliphatic rings. The molecule has 0 fully saturated rings. The normalized spacial score (nSPS) is 11.9. The second kappa shape index (κ2) is 4.19. The minimum absolute atomic E-state index is 0.172. The van der Waals surface area contributed by atoms with Gasteiger partial charge in [-0.15, -0.1) is 0 Å². The molecule has 0 saturated heterocycles. The van der Waals surface area contributed by atoms with Crippen molar-refractivity contribution < 1.29 is 4.42 Å². The molecule has 1 aromatic carbocycles. The molecule has 0 spiro atoms. The van der Waals surface area contributed by atoms with Crippen LogP contribution in [0, 0.1) is 0 Å². The molecule has 19 heavy (non-hydrogen) atoms. The number of oxazole rings is 1. The van der Waals surface area contributed by atoms with Gasteiger partial charge in [0.05, 0.1) is 0 Å². The largest absolute Gasteiger partial charge is 0.442 e. The summed E-state index contributed by atoms with van der Waals surface area (Å²) in [6, 6.07) is 10.6. The van der Waals surface area contributed by atoms with Crippen LogP contribution in [0.1, 0.15) is 26.3 Å². The van der Waals surface area contributed by atoms with E-state index in [1.807, 2.05) is 12.3 Å². The van der Waals surface area contributed by atoms with Crippen LogP contribution in [0.4, 0.5) is 0 Å². The van der Waals surface area contributed by atoms with Gasteiger partial charge in [0.1, 0.15) is 0 Å². The zero-order valence-corrected chi connectivity index (χ0v) is 11.3. The van der Waals surface area contributed by atoms with Crippen molar-refractivity contribution >= 4 is 11.2 Å². The van der Waals surface area contributed by atoms with E-state index in [1.165, 1.54) is 12.0 Å². The number of benzene rings is 1. The Bertz CT molecular complexity index is 705. The lowest BCUT2D eigenvalue weighted by Crippen LogP contribution is -2.10. The summed E-state index contributed by atoms with van der Waals surface area (Å²) in [5, 5.41) is 0. The monoisotopic (exact) mass is 252 g/mol. The maximum atomic E-state index is 5.28. The highest BCUT2D eigenvalue weighted by Crippen LogP contribution is 2.27. The maximum Gasteiger partial charge on any atom is 0.198 e. The van der Waals surface area contributed by atoms with Gasteiger partial charge in [0.2, 0.25) is 0 Å². The molecule has 3 nitrogen and oxygen atoms in total. The summed E-state index contributed by atoms with van der Waals surface area (Å²) >= 11 is 0. The van der Waals surface area contributed by atoms with Gasteiger partial charge in [0.15, 0.2) is 17.6 Å². The fourth-order valence-corrected chi connectivity index (χ4v) is 2.07. The SMILES string of the molecule is CC(C)(C)c1ccc(-c2cnc3ncoc3c2)cc1. The fourth-order valence-electron chi connectivity index (χ4n) is 2.07. The molecule has 0 atom stereocenters. The van der Waals surface area contributed by atoms with Crippen LogP contribution in [0.2, 0.25) is 0 Å². The van der Waals surface area contributed by atoms with Gasteiger partial charge in [-0.25, -0.2) is 4.98 Å². The quantitative estimate of drug-likeness (QED) is 0.652. The van der Waals surface area contributed by atoms with Crippen molar-refractivity contribution in [1.29, 1.82) is 0 Å². The highest BCUT2D eigenvalue weighted by molar-refractivity contribution is 5.75. The maximum absolute atomic E-state index is 5.28. The minimum atomic E-state index is 0.172. The second-order valence-corrected chi connectivity index (χ2v) is 5.73. The predicted molar refractivity (Wildman–Crippen MR) is 75.9 cm³/mol. The summed E-state index contributed by atoms with van der Waals surface area (Å²) in [5.41, 5.74) is 5.05. The lowest BCUT2D eigenvalue weighted by molar-refractivity contribution is 0.590. The van der Waals surface area contributed by atoms with Crippen molar-refractivity contribution in [1.82, 2.24) is 9.97 Å². The van der Waals surface area contributed by atoms with E-state index in [0.717, 1.165) is 16.7 Å². The first-order valence-corrected chi connectivity index (χ1v) is 6.34. The van der Waals surface area contributed by atoms with E-state index in [-0.39, 0.29) is 5.41 Å². The summed E-state index contributed by atoms with van der Waals surface area (Å²) in [5.74, 6) is 0. The molecule has 0 amide bonds. The average Bonchev–Trinajstić information content (AvgIpc) is 2.85. The van der Waals surface area contributed by atoms with Crippen molar-refractivity contribution in [2.24, 2.45) is 0 Å². The van der Waals surface area contributed by atoms with Gasteiger partial charge < -0.3 is 4.42 Å². The van der Waals surface area contributed by atoms with Crippen LogP contribution in [0.25, 0.3) is 22.4 Å². The number of nitrogens with zero attached hydrogens (tertiary/aromatic N) is 2. The fraction of sp³-hybridized carbons (Fsp3) is 0.250. The molecule has 0 unspecified atom stereocenters. The van der Waals surface area contributed by atoms with Crippen molar-refractivity contribution in [3.63, 3.8) is 0 Å². The van der Waals surface area contributed by atoms with Gasteiger partial charge in [0, 0.05) is 11.8 Å². The number of rotatable bonds is 1. The molecule has 0 aliphatic heterocycles. The molecular formula is C16H16N2O. The van der Waals surface area contributed by atoms with Crippen LogP contribution >= 0.6 is 0 Å². The van der Waals surface area contributed by atoms with Crippen molar-refractivity contribution in [3.8, 4) is 11.1 Å². The van der Waals surface area contributed by atoms with E-state index in [2.05, 4.69) is 55.0 Å². The first-order valence-electron chi connectivity index (χ1n) is 6.34. The van der Waals surface area contributed by atoms with Gasteiger partial charge in [-0.3, -0.25) is 0 Å². The molecule has 2 aromatic heterocycles. The summed E-state index contributed by atoms with van der Waals surface area (Å²) in [7, 11) is 0. The Morgan fingerprint density at radius 2 is 1.68 bits per heavy atom. The molecule has 0 N–H and O–H groups in total. The van der Waals surface area contributed by atoms with Gasteiger partial charge in [0.25, 0.3) is 0 Å². The highest BCUT2D eigenvalue weighted by Gasteiger charge is 2.13. The van der Waals surface area contributed by atoms with E-state index >= 15 is 0 Å². The molecule has 0 aliphatic carbocycles. The number of fused-ring (bicyclic) bond motifs is 1. The topological polar surface area (TPSA) is 38.9 Å². The first kappa shape index (κ1) is 11.9. The average molecular weight is 252 g/mol. The minimum Gasteiger partial charge on any atom is -0.442 e. The van der Waals surface area contributed by atoms with E-state index in [9.17, 15) is 0 Å². The summed E-state index contributed by atoms with van der Waals surface area (Å²) in [6.45, 7) is 6.64.